The van der Waals surface area contributed by atoms with Gasteiger partial charge in [-0.1, -0.05) is 35.9 Å². The molecule has 1 amide bonds. The SMILES string of the molecule is Cc1ccc(C)c(C(C)Nc2ccc(CC(N)=O)cc2)c1. The van der Waals surface area contributed by atoms with Gasteiger partial charge >= 0.3 is 0 Å². The van der Waals surface area contributed by atoms with Crippen molar-refractivity contribution in [2.75, 3.05) is 5.32 Å². The molecule has 1 unspecified atom stereocenters. The van der Waals surface area contributed by atoms with Crippen LogP contribution in [0.2, 0.25) is 0 Å². The lowest BCUT2D eigenvalue weighted by Gasteiger charge is -2.18. The van der Waals surface area contributed by atoms with Crippen LogP contribution in [0.5, 0.6) is 0 Å². The van der Waals surface area contributed by atoms with Crippen molar-refractivity contribution in [1.82, 2.24) is 0 Å². The number of hydrogen-bond acceptors (Lipinski definition) is 2. The molecule has 0 aliphatic heterocycles. The van der Waals surface area contributed by atoms with Crippen molar-refractivity contribution in [3.05, 3.63) is 64.7 Å². The van der Waals surface area contributed by atoms with Crippen molar-refractivity contribution in [1.29, 1.82) is 0 Å². The molecule has 0 aliphatic carbocycles. The summed E-state index contributed by atoms with van der Waals surface area (Å²) in [5.41, 5.74) is 11.0. The molecular weight excluding hydrogens is 260 g/mol. The molecule has 110 valence electrons. The molecule has 0 radical (unpaired) electrons. The Balaban J connectivity index is 2.10. The zero-order valence-corrected chi connectivity index (χ0v) is 12.8. The number of carbonyl (C=O) groups is 1. The van der Waals surface area contributed by atoms with Gasteiger partial charge in [0.05, 0.1) is 6.42 Å². The van der Waals surface area contributed by atoms with E-state index in [1.807, 2.05) is 24.3 Å². The lowest BCUT2D eigenvalue weighted by atomic mass is 9.99. The second kappa shape index (κ2) is 6.44. The summed E-state index contributed by atoms with van der Waals surface area (Å²) < 4.78 is 0. The van der Waals surface area contributed by atoms with Gasteiger partial charge in [0, 0.05) is 11.7 Å². The van der Waals surface area contributed by atoms with Gasteiger partial charge in [-0.3, -0.25) is 4.79 Å². The van der Waals surface area contributed by atoms with E-state index >= 15 is 0 Å². The van der Waals surface area contributed by atoms with Crippen molar-refractivity contribution in [3.63, 3.8) is 0 Å². The smallest absolute Gasteiger partial charge is 0.221 e. The first-order valence-electron chi connectivity index (χ1n) is 7.16. The molecule has 0 saturated heterocycles. The third-order valence-electron chi connectivity index (χ3n) is 3.62. The first kappa shape index (κ1) is 15.1. The maximum atomic E-state index is 10.9. The fourth-order valence-electron chi connectivity index (χ4n) is 2.47. The number of hydrogen-bond donors (Lipinski definition) is 2. The number of rotatable bonds is 5. The van der Waals surface area contributed by atoms with Gasteiger partial charge in [0.15, 0.2) is 0 Å². The molecule has 0 aromatic heterocycles. The van der Waals surface area contributed by atoms with Gasteiger partial charge in [-0.15, -0.1) is 0 Å². The predicted molar refractivity (Wildman–Crippen MR) is 87.3 cm³/mol. The second-order valence-electron chi connectivity index (χ2n) is 5.57. The molecular formula is C18H22N2O. The highest BCUT2D eigenvalue weighted by atomic mass is 16.1. The topological polar surface area (TPSA) is 55.1 Å². The van der Waals surface area contributed by atoms with Crippen LogP contribution in [-0.2, 0) is 11.2 Å². The maximum absolute atomic E-state index is 10.9. The highest BCUT2D eigenvalue weighted by Crippen LogP contribution is 2.23. The summed E-state index contributed by atoms with van der Waals surface area (Å²) in [6.45, 7) is 6.39. The monoisotopic (exact) mass is 282 g/mol. The van der Waals surface area contributed by atoms with Crippen LogP contribution in [0.15, 0.2) is 42.5 Å². The molecule has 0 bridgehead atoms. The maximum Gasteiger partial charge on any atom is 0.221 e. The largest absolute Gasteiger partial charge is 0.379 e. The van der Waals surface area contributed by atoms with Crippen LogP contribution in [0.1, 0.15) is 35.2 Å². The van der Waals surface area contributed by atoms with Crippen LogP contribution in [0, 0.1) is 13.8 Å². The lowest BCUT2D eigenvalue weighted by Crippen LogP contribution is -2.13. The normalized spacial score (nSPS) is 12.0. The van der Waals surface area contributed by atoms with Gasteiger partial charge in [0.1, 0.15) is 0 Å². The lowest BCUT2D eigenvalue weighted by molar-refractivity contribution is -0.117. The summed E-state index contributed by atoms with van der Waals surface area (Å²) in [7, 11) is 0. The van der Waals surface area contributed by atoms with E-state index in [1.54, 1.807) is 0 Å². The molecule has 0 fully saturated rings. The number of benzene rings is 2. The molecule has 1 atom stereocenters. The van der Waals surface area contributed by atoms with Crippen molar-refractivity contribution in [3.8, 4) is 0 Å². The van der Waals surface area contributed by atoms with Crippen LogP contribution in [0.3, 0.4) is 0 Å². The summed E-state index contributed by atoms with van der Waals surface area (Å²) in [6, 6.07) is 14.6. The van der Waals surface area contributed by atoms with E-state index < -0.39 is 0 Å². The van der Waals surface area contributed by atoms with E-state index in [2.05, 4.69) is 44.3 Å². The van der Waals surface area contributed by atoms with Crippen molar-refractivity contribution < 1.29 is 4.79 Å². The van der Waals surface area contributed by atoms with Crippen LogP contribution >= 0.6 is 0 Å². The summed E-state index contributed by atoms with van der Waals surface area (Å²) in [4.78, 5) is 10.9. The molecule has 3 N–H and O–H groups in total. The highest BCUT2D eigenvalue weighted by molar-refractivity contribution is 5.76. The number of nitrogens with two attached hydrogens (primary N) is 1. The zero-order chi connectivity index (χ0) is 15.4. The molecule has 3 nitrogen and oxygen atoms in total. The van der Waals surface area contributed by atoms with Gasteiger partial charge in [-0.05, 0) is 49.6 Å². The van der Waals surface area contributed by atoms with Crippen LogP contribution in [0.4, 0.5) is 5.69 Å². The minimum Gasteiger partial charge on any atom is -0.379 e. The first-order chi connectivity index (χ1) is 9.95. The molecule has 0 heterocycles. The molecule has 0 saturated carbocycles. The molecule has 2 aromatic rings. The average Bonchev–Trinajstić information content (AvgIpc) is 2.43. The van der Waals surface area contributed by atoms with E-state index in [4.69, 9.17) is 5.73 Å². The fraction of sp³-hybridized carbons (Fsp3) is 0.278. The quantitative estimate of drug-likeness (QED) is 0.881. The van der Waals surface area contributed by atoms with Crippen LogP contribution < -0.4 is 11.1 Å². The van der Waals surface area contributed by atoms with Crippen molar-refractivity contribution in [2.45, 2.75) is 33.2 Å². The summed E-state index contributed by atoms with van der Waals surface area (Å²) in [5, 5.41) is 3.49. The predicted octanol–water partition coefficient (Wildman–Crippen LogP) is 3.50. The van der Waals surface area contributed by atoms with Crippen molar-refractivity contribution in [2.24, 2.45) is 5.73 Å². The van der Waals surface area contributed by atoms with E-state index in [0.717, 1.165) is 11.3 Å². The number of nitrogens with one attached hydrogen (secondary N) is 1. The van der Waals surface area contributed by atoms with Gasteiger partial charge in [-0.2, -0.15) is 0 Å². The Morgan fingerprint density at radius 2 is 1.81 bits per heavy atom. The molecule has 0 aliphatic rings. The molecule has 3 heteroatoms. The number of primary amides is 1. The first-order valence-corrected chi connectivity index (χ1v) is 7.16. The Kier molecular flexibility index (Phi) is 4.63. The number of aryl methyl sites for hydroxylation is 2. The van der Waals surface area contributed by atoms with Gasteiger partial charge in [-0.25, -0.2) is 0 Å². The molecule has 21 heavy (non-hydrogen) atoms. The molecule has 2 rings (SSSR count). The Morgan fingerprint density at radius 1 is 1.14 bits per heavy atom. The third-order valence-corrected chi connectivity index (χ3v) is 3.62. The summed E-state index contributed by atoms with van der Waals surface area (Å²) >= 11 is 0. The Bertz CT molecular complexity index is 632. The van der Waals surface area contributed by atoms with E-state index in [-0.39, 0.29) is 18.4 Å². The van der Waals surface area contributed by atoms with Crippen molar-refractivity contribution >= 4 is 11.6 Å². The Hall–Kier alpha value is -2.29. The number of anilines is 1. The molecule has 0 spiro atoms. The Labute approximate surface area is 126 Å². The average molecular weight is 282 g/mol. The minimum absolute atomic E-state index is 0.229. The highest BCUT2D eigenvalue weighted by Gasteiger charge is 2.08. The third kappa shape index (κ3) is 4.09. The van der Waals surface area contributed by atoms with Crippen LogP contribution in [0.25, 0.3) is 0 Å². The molecule has 2 aromatic carbocycles. The standard InChI is InChI=1S/C18H22N2O/c1-12-4-5-13(2)17(10-12)14(3)20-16-8-6-15(7-9-16)11-18(19)21/h4-10,14,20H,11H2,1-3H3,(H2,19,21). The van der Waals surface area contributed by atoms with E-state index in [9.17, 15) is 4.79 Å². The fourth-order valence-corrected chi connectivity index (χ4v) is 2.47. The van der Waals surface area contributed by atoms with Gasteiger partial charge < -0.3 is 11.1 Å². The minimum atomic E-state index is -0.306. The Morgan fingerprint density at radius 3 is 2.43 bits per heavy atom. The van der Waals surface area contributed by atoms with Gasteiger partial charge in [0.25, 0.3) is 0 Å². The zero-order valence-electron chi connectivity index (χ0n) is 12.8. The summed E-state index contributed by atoms with van der Waals surface area (Å²) in [6.07, 6.45) is 0.285. The van der Waals surface area contributed by atoms with E-state index in [0.29, 0.717) is 0 Å². The van der Waals surface area contributed by atoms with E-state index in [1.165, 1.54) is 16.7 Å². The second-order valence-corrected chi connectivity index (χ2v) is 5.57. The summed E-state index contributed by atoms with van der Waals surface area (Å²) in [5.74, 6) is -0.306. The van der Waals surface area contributed by atoms with Gasteiger partial charge in [0.2, 0.25) is 5.91 Å². The number of carbonyl (C=O) groups excluding carboxylic acids is 1. The van der Waals surface area contributed by atoms with Crippen LogP contribution in [-0.4, -0.2) is 5.91 Å². The number of amides is 1.